The molecule has 5 nitrogen and oxygen atoms in total. The molecule has 118 valence electrons. The van der Waals surface area contributed by atoms with E-state index in [1.165, 1.54) is 18.5 Å². The van der Waals surface area contributed by atoms with E-state index in [0.29, 0.717) is 6.54 Å². The number of anilines is 1. The second-order valence-corrected chi connectivity index (χ2v) is 6.96. The van der Waals surface area contributed by atoms with Crippen molar-refractivity contribution in [1.29, 1.82) is 0 Å². The number of hydrogen-bond donors (Lipinski definition) is 1. The topological polar surface area (TPSA) is 60.0 Å². The summed E-state index contributed by atoms with van der Waals surface area (Å²) in [6.07, 6.45) is 2.58. The van der Waals surface area contributed by atoms with Crippen molar-refractivity contribution in [2.24, 2.45) is 5.73 Å². The second-order valence-electron chi connectivity index (χ2n) is 6.96. The quantitative estimate of drug-likeness (QED) is 0.946. The first kappa shape index (κ1) is 15.0. The Morgan fingerprint density at radius 2 is 1.64 bits per heavy atom. The van der Waals surface area contributed by atoms with Crippen LogP contribution in [0.3, 0.4) is 0 Å². The predicted molar refractivity (Wildman–Crippen MR) is 89.4 cm³/mol. The van der Waals surface area contributed by atoms with Crippen LogP contribution < -0.4 is 10.6 Å². The Morgan fingerprint density at radius 3 is 2.18 bits per heavy atom. The van der Waals surface area contributed by atoms with Crippen molar-refractivity contribution in [2.45, 2.75) is 45.6 Å². The summed E-state index contributed by atoms with van der Waals surface area (Å²) >= 11 is 0. The molecule has 22 heavy (non-hydrogen) atoms. The molecule has 3 rings (SSSR count). The van der Waals surface area contributed by atoms with Gasteiger partial charge in [0.25, 0.3) is 0 Å². The molecule has 0 amide bonds. The van der Waals surface area contributed by atoms with Crippen molar-refractivity contribution >= 4 is 5.69 Å². The van der Waals surface area contributed by atoms with E-state index in [0.717, 1.165) is 30.2 Å². The molecule has 2 heterocycles. The Morgan fingerprint density at radius 1 is 1.05 bits per heavy atom. The molecule has 0 unspecified atom stereocenters. The largest absolute Gasteiger partial charge is 0.372 e. The fraction of sp³-hybridized carbons (Fsp3) is 0.529. The van der Waals surface area contributed by atoms with E-state index in [1.807, 2.05) is 4.68 Å². The van der Waals surface area contributed by atoms with Crippen molar-refractivity contribution in [1.82, 2.24) is 15.0 Å². The lowest BCUT2D eigenvalue weighted by Crippen LogP contribution is -2.21. The fourth-order valence-corrected chi connectivity index (χ4v) is 3.16. The molecule has 1 fully saturated rings. The summed E-state index contributed by atoms with van der Waals surface area (Å²) in [6.45, 7) is 9.23. The minimum absolute atomic E-state index is 0.0498. The Kier molecular flexibility index (Phi) is 3.91. The predicted octanol–water partition coefficient (Wildman–Crippen LogP) is 2.62. The third-order valence-corrected chi connectivity index (χ3v) is 4.21. The SMILES string of the molecule is CC(C)(C)c1c(CN)nnn1-c1ccc(N2CCCC2)cc1. The van der Waals surface area contributed by atoms with Crippen LogP contribution in [0.4, 0.5) is 5.69 Å². The molecule has 2 aromatic rings. The summed E-state index contributed by atoms with van der Waals surface area (Å²) in [7, 11) is 0. The minimum atomic E-state index is -0.0498. The molecule has 1 aliphatic heterocycles. The van der Waals surface area contributed by atoms with Crippen LogP contribution in [0.25, 0.3) is 5.69 Å². The molecule has 0 bridgehead atoms. The molecule has 2 N–H and O–H groups in total. The Balaban J connectivity index is 1.96. The molecule has 5 heteroatoms. The van der Waals surface area contributed by atoms with Gasteiger partial charge >= 0.3 is 0 Å². The lowest BCUT2D eigenvalue weighted by atomic mass is 9.90. The molecular weight excluding hydrogens is 274 g/mol. The lowest BCUT2D eigenvalue weighted by Gasteiger charge is -2.22. The summed E-state index contributed by atoms with van der Waals surface area (Å²) in [5, 5.41) is 8.58. The number of rotatable bonds is 3. The maximum absolute atomic E-state index is 5.82. The van der Waals surface area contributed by atoms with Crippen LogP contribution in [0.15, 0.2) is 24.3 Å². The van der Waals surface area contributed by atoms with Gasteiger partial charge in [-0.25, -0.2) is 4.68 Å². The number of nitrogens with two attached hydrogens (primary N) is 1. The highest BCUT2D eigenvalue weighted by molar-refractivity contribution is 5.52. The Labute approximate surface area is 132 Å². The third-order valence-electron chi connectivity index (χ3n) is 4.21. The molecule has 0 atom stereocenters. The fourth-order valence-electron chi connectivity index (χ4n) is 3.16. The van der Waals surface area contributed by atoms with Gasteiger partial charge < -0.3 is 10.6 Å². The van der Waals surface area contributed by atoms with Gasteiger partial charge in [0, 0.05) is 30.7 Å². The zero-order valence-electron chi connectivity index (χ0n) is 13.7. The van der Waals surface area contributed by atoms with E-state index in [9.17, 15) is 0 Å². The first-order valence-corrected chi connectivity index (χ1v) is 8.01. The van der Waals surface area contributed by atoms with E-state index >= 15 is 0 Å². The third kappa shape index (κ3) is 2.73. The normalized spacial score (nSPS) is 15.5. The molecule has 0 spiro atoms. The molecule has 0 radical (unpaired) electrons. The van der Waals surface area contributed by atoms with Crippen LogP contribution >= 0.6 is 0 Å². The van der Waals surface area contributed by atoms with Gasteiger partial charge in [0.05, 0.1) is 11.4 Å². The molecule has 0 aliphatic carbocycles. The number of benzene rings is 1. The van der Waals surface area contributed by atoms with E-state index < -0.39 is 0 Å². The lowest BCUT2D eigenvalue weighted by molar-refractivity contribution is 0.537. The van der Waals surface area contributed by atoms with Crippen LogP contribution in [0.2, 0.25) is 0 Å². The van der Waals surface area contributed by atoms with Gasteiger partial charge in [-0.15, -0.1) is 5.10 Å². The maximum Gasteiger partial charge on any atom is 0.100 e. The number of aromatic nitrogens is 3. The summed E-state index contributed by atoms with van der Waals surface area (Å²) in [5.41, 5.74) is 10.1. The van der Waals surface area contributed by atoms with Crippen molar-refractivity contribution in [3.05, 3.63) is 35.7 Å². The zero-order chi connectivity index (χ0) is 15.7. The standard InChI is InChI=1S/C17H25N5/c1-17(2,3)16-15(12-18)19-20-22(16)14-8-6-13(7-9-14)21-10-4-5-11-21/h6-9H,4-5,10-12,18H2,1-3H3. The van der Waals surface area contributed by atoms with Gasteiger partial charge in [-0.2, -0.15) is 0 Å². The summed E-state index contributed by atoms with van der Waals surface area (Å²) in [4.78, 5) is 2.43. The Hall–Kier alpha value is -1.88. The molecule has 1 aromatic carbocycles. The van der Waals surface area contributed by atoms with E-state index in [-0.39, 0.29) is 5.41 Å². The highest BCUT2D eigenvalue weighted by atomic mass is 15.4. The number of hydrogen-bond acceptors (Lipinski definition) is 4. The minimum Gasteiger partial charge on any atom is -0.372 e. The van der Waals surface area contributed by atoms with E-state index in [4.69, 9.17) is 5.73 Å². The number of nitrogens with zero attached hydrogens (tertiary/aromatic N) is 4. The highest BCUT2D eigenvalue weighted by Crippen LogP contribution is 2.28. The van der Waals surface area contributed by atoms with Crippen molar-refractivity contribution in [3.8, 4) is 5.69 Å². The van der Waals surface area contributed by atoms with Gasteiger partial charge in [0.2, 0.25) is 0 Å². The zero-order valence-corrected chi connectivity index (χ0v) is 13.7. The van der Waals surface area contributed by atoms with Gasteiger partial charge in [-0.1, -0.05) is 26.0 Å². The molecule has 1 aromatic heterocycles. The van der Waals surface area contributed by atoms with Gasteiger partial charge in [-0.05, 0) is 37.1 Å². The first-order valence-electron chi connectivity index (χ1n) is 8.01. The molecule has 1 saturated heterocycles. The summed E-state index contributed by atoms with van der Waals surface area (Å²) < 4.78 is 1.93. The first-order chi connectivity index (χ1) is 10.5. The van der Waals surface area contributed by atoms with E-state index in [2.05, 4.69) is 60.2 Å². The average molecular weight is 299 g/mol. The maximum atomic E-state index is 5.82. The van der Waals surface area contributed by atoms with Gasteiger partial charge in [0.1, 0.15) is 5.69 Å². The smallest absolute Gasteiger partial charge is 0.100 e. The van der Waals surface area contributed by atoms with Crippen LogP contribution in [0, 0.1) is 0 Å². The molecule has 1 aliphatic rings. The van der Waals surface area contributed by atoms with Gasteiger partial charge in [-0.3, -0.25) is 0 Å². The van der Waals surface area contributed by atoms with Crippen molar-refractivity contribution in [3.63, 3.8) is 0 Å². The average Bonchev–Trinajstić information content (AvgIpc) is 3.16. The summed E-state index contributed by atoms with van der Waals surface area (Å²) in [5.74, 6) is 0. The summed E-state index contributed by atoms with van der Waals surface area (Å²) in [6, 6.07) is 8.60. The molecule has 0 saturated carbocycles. The second kappa shape index (κ2) is 5.72. The van der Waals surface area contributed by atoms with Crippen LogP contribution in [-0.2, 0) is 12.0 Å². The van der Waals surface area contributed by atoms with Gasteiger partial charge in [0.15, 0.2) is 0 Å². The molecular formula is C17H25N5. The Bertz CT molecular complexity index is 630. The van der Waals surface area contributed by atoms with Crippen LogP contribution in [0.1, 0.15) is 45.0 Å². The van der Waals surface area contributed by atoms with Crippen LogP contribution in [0.5, 0.6) is 0 Å². The highest BCUT2D eigenvalue weighted by Gasteiger charge is 2.25. The monoisotopic (exact) mass is 299 g/mol. The van der Waals surface area contributed by atoms with Crippen molar-refractivity contribution < 1.29 is 0 Å². The van der Waals surface area contributed by atoms with Crippen molar-refractivity contribution in [2.75, 3.05) is 18.0 Å². The van der Waals surface area contributed by atoms with Crippen LogP contribution in [-0.4, -0.2) is 28.1 Å². The van der Waals surface area contributed by atoms with E-state index in [1.54, 1.807) is 0 Å².